The third kappa shape index (κ3) is 2.33. The molecular weight excluding hydrogens is 326 g/mol. The molecular formula is C16H15N5O2S. The van der Waals surface area contributed by atoms with Gasteiger partial charge in [0.15, 0.2) is 11.4 Å². The smallest absolute Gasteiger partial charge is 0.227 e. The number of nitrogens with zero attached hydrogens (tertiary/aromatic N) is 4. The topological polar surface area (TPSA) is 103 Å². The average molecular weight is 341 g/mol. The maximum absolute atomic E-state index is 12.1. The van der Waals surface area contributed by atoms with Crippen LogP contribution in [0.3, 0.4) is 0 Å². The number of H-pyrrole nitrogens is 1. The highest BCUT2D eigenvalue weighted by atomic mass is 32.2. The molecule has 24 heavy (non-hydrogen) atoms. The first-order valence-corrected chi connectivity index (χ1v) is 9.26. The molecule has 1 N–H and O–H groups in total. The lowest BCUT2D eigenvalue weighted by Gasteiger charge is -2.16. The van der Waals surface area contributed by atoms with Crippen LogP contribution >= 0.6 is 0 Å². The molecule has 0 radical (unpaired) electrons. The summed E-state index contributed by atoms with van der Waals surface area (Å²) in [5, 5.41) is 10.7. The van der Waals surface area contributed by atoms with Crippen LogP contribution in [-0.2, 0) is 10.0 Å². The van der Waals surface area contributed by atoms with Gasteiger partial charge < -0.3 is 4.98 Å². The van der Waals surface area contributed by atoms with Gasteiger partial charge in [-0.25, -0.2) is 22.7 Å². The predicted octanol–water partition coefficient (Wildman–Crippen LogP) is 1.75. The molecule has 122 valence electrons. The Bertz CT molecular complexity index is 1070. The van der Waals surface area contributed by atoms with Crippen LogP contribution in [0.2, 0.25) is 0 Å². The third-order valence-corrected chi connectivity index (χ3v) is 6.17. The third-order valence-electron chi connectivity index (χ3n) is 4.56. The summed E-state index contributed by atoms with van der Waals surface area (Å²) < 4.78 is 25.7. The molecule has 1 atom stereocenters. The van der Waals surface area contributed by atoms with Crippen LogP contribution in [0.5, 0.6) is 0 Å². The first kappa shape index (κ1) is 15.1. The molecule has 1 aliphatic heterocycles. The van der Waals surface area contributed by atoms with E-state index < -0.39 is 15.8 Å². The van der Waals surface area contributed by atoms with E-state index in [2.05, 4.69) is 15.0 Å². The SMILES string of the molecule is N#CCS(=O)(=O)N1CCC(c2cc[nH]c3cnc4nccc4c23)C1. The lowest BCUT2D eigenvalue weighted by atomic mass is 9.94. The van der Waals surface area contributed by atoms with Crippen molar-refractivity contribution < 1.29 is 8.42 Å². The van der Waals surface area contributed by atoms with E-state index in [0.717, 1.165) is 28.3 Å². The highest BCUT2D eigenvalue weighted by Gasteiger charge is 2.32. The lowest BCUT2D eigenvalue weighted by molar-refractivity contribution is 0.476. The second-order valence-electron chi connectivity index (χ2n) is 5.92. The fourth-order valence-electron chi connectivity index (χ4n) is 3.43. The number of nitrogens with one attached hydrogen (secondary N) is 1. The van der Waals surface area contributed by atoms with Crippen LogP contribution in [0.4, 0.5) is 0 Å². The quantitative estimate of drug-likeness (QED) is 0.782. The molecule has 1 unspecified atom stereocenters. The number of rotatable bonds is 3. The molecule has 4 rings (SSSR count). The van der Waals surface area contributed by atoms with E-state index in [1.54, 1.807) is 18.5 Å². The van der Waals surface area contributed by atoms with Gasteiger partial charge in [-0.1, -0.05) is 0 Å². The number of pyridine rings is 2. The Morgan fingerprint density at radius 1 is 1.38 bits per heavy atom. The first-order valence-electron chi connectivity index (χ1n) is 7.65. The molecule has 0 saturated carbocycles. The van der Waals surface area contributed by atoms with Gasteiger partial charge in [0, 0.05) is 36.3 Å². The zero-order chi connectivity index (χ0) is 16.7. The number of hydrogen-bond donors (Lipinski definition) is 1. The van der Waals surface area contributed by atoms with Crippen molar-refractivity contribution in [2.75, 3.05) is 18.8 Å². The lowest BCUT2D eigenvalue weighted by Crippen LogP contribution is -2.30. The van der Waals surface area contributed by atoms with Gasteiger partial charge in [0.05, 0.1) is 17.8 Å². The number of aromatic nitrogens is 3. The van der Waals surface area contributed by atoms with Crippen LogP contribution in [0, 0.1) is 11.3 Å². The van der Waals surface area contributed by atoms with E-state index in [0.29, 0.717) is 18.7 Å². The van der Waals surface area contributed by atoms with Crippen molar-refractivity contribution in [2.24, 2.45) is 0 Å². The minimum atomic E-state index is -3.50. The fourth-order valence-corrected chi connectivity index (χ4v) is 4.57. The second-order valence-corrected chi connectivity index (χ2v) is 7.89. The Balaban J connectivity index is 1.78. The molecule has 1 saturated heterocycles. The molecule has 8 heteroatoms. The normalized spacial score (nSPS) is 19.0. The summed E-state index contributed by atoms with van der Waals surface area (Å²) in [5.74, 6) is -0.375. The fraction of sp³-hybridized carbons (Fsp3) is 0.312. The van der Waals surface area contributed by atoms with E-state index in [-0.39, 0.29) is 5.92 Å². The Hall–Kier alpha value is -2.50. The van der Waals surface area contributed by atoms with Gasteiger partial charge in [0.2, 0.25) is 10.0 Å². The molecule has 1 fully saturated rings. The van der Waals surface area contributed by atoms with E-state index >= 15 is 0 Å². The number of fused-ring (bicyclic) bond motifs is 3. The summed E-state index contributed by atoms with van der Waals surface area (Å²) in [7, 11) is -3.50. The molecule has 0 spiro atoms. The standard InChI is InChI=1S/C16H15N5O2S/c17-4-8-24(22,23)21-7-3-11(10-21)12-1-5-18-14-9-20-16-13(15(12)14)2-6-19-16/h1-2,5-6,9,11,18H,3,7-8,10H2. The second kappa shape index (κ2) is 5.54. The summed E-state index contributed by atoms with van der Waals surface area (Å²) in [6.07, 6.45) is 6.08. The van der Waals surface area contributed by atoms with Crippen LogP contribution < -0.4 is 0 Å². The molecule has 0 bridgehead atoms. The zero-order valence-electron chi connectivity index (χ0n) is 12.8. The van der Waals surface area contributed by atoms with Crippen molar-refractivity contribution in [3.63, 3.8) is 0 Å². The number of aromatic amines is 1. The number of sulfonamides is 1. The summed E-state index contributed by atoms with van der Waals surface area (Å²) >= 11 is 0. The summed E-state index contributed by atoms with van der Waals surface area (Å²) in [5.41, 5.74) is 2.69. The molecule has 3 aromatic rings. The van der Waals surface area contributed by atoms with Crippen molar-refractivity contribution in [3.8, 4) is 6.07 Å². The molecule has 0 amide bonds. The van der Waals surface area contributed by atoms with Gasteiger partial charge in [-0.05, 0) is 30.0 Å². The van der Waals surface area contributed by atoms with E-state index in [4.69, 9.17) is 5.26 Å². The van der Waals surface area contributed by atoms with Crippen molar-refractivity contribution in [1.29, 1.82) is 5.26 Å². The molecule has 3 aromatic heterocycles. The highest BCUT2D eigenvalue weighted by Crippen LogP contribution is 2.35. The molecule has 4 heterocycles. The highest BCUT2D eigenvalue weighted by molar-refractivity contribution is 7.89. The Labute approximate surface area is 139 Å². The van der Waals surface area contributed by atoms with Crippen molar-refractivity contribution in [3.05, 3.63) is 36.3 Å². The number of hydrogen-bond acceptors (Lipinski definition) is 5. The van der Waals surface area contributed by atoms with Crippen LogP contribution in [0.1, 0.15) is 17.9 Å². The Morgan fingerprint density at radius 2 is 2.25 bits per heavy atom. The molecule has 0 aromatic carbocycles. The first-order chi connectivity index (χ1) is 11.6. The van der Waals surface area contributed by atoms with Gasteiger partial charge >= 0.3 is 0 Å². The summed E-state index contributed by atoms with van der Waals surface area (Å²) in [6.45, 7) is 0.851. The maximum Gasteiger partial charge on any atom is 0.227 e. The minimum absolute atomic E-state index is 0.0936. The Kier molecular flexibility index (Phi) is 3.48. The molecule has 1 aliphatic rings. The van der Waals surface area contributed by atoms with E-state index in [9.17, 15) is 8.42 Å². The van der Waals surface area contributed by atoms with Gasteiger partial charge in [0.25, 0.3) is 0 Å². The zero-order valence-corrected chi connectivity index (χ0v) is 13.6. The van der Waals surface area contributed by atoms with Crippen molar-refractivity contribution in [2.45, 2.75) is 12.3 Å². The van der Waals surface area contributed by atoms with Crippen molar-refractivity contribution >= 4 is 32.0 Å². The van der Waals surface area contributed by atoms with Crippen LogP contribution in [0.15, 0.2) is 30.7 Å². The summed E-state index contributed by atoms with van der Waals surface area (Å²) in [6, 6.07) is 5.67. The average Bonchev–Trinajstić information content (AvgIpc) is 3.23. The van der Waals surface area contributed by atoms with Gasteiger partial charge in [-0.3, -0.25) is 0 Å². The van der Waals surface area contributed by atoms with Gasteiger partial charge in [-0.2, -0.15) is 5.26 Å². The van der Waals surface area contributed by atoms with Crippen LogP contribution in [-0.4, -0.2) is 46.5 Å². The van der Waals surface area contributed by atoms with E-state index in [1.807, 2.05) is 18.3 Å². The summed E-state index contributed by atoms with van der Waals surface area (Å²) in [4.78, 5) is 11.8. The van der Waals surface area contributed by atoms with Gasteiger partial charge in [0.1, 0.15) is 0 Å². The largest absolute Gasteiger partial charge is 0.360 e. The monoisotopic (exact) mass is 341 g/mol. The van der Waals surface area contributed by atoms with E-state index in [1.165, 1.54) is 4.31 Å². The Morgan fingerprint density at radius 3 is 3.08 bits per heavy atom. The predicted molar refractivity (Wildman–Crippen MR) is 89.7 cm³/mol. The molecule has 7 nitrogen and oxygen atoms in total. The molecule has 0 aliphatic carbocycles. The maximum atomic E-state index is 12.1. The van der Waals surface area contributed by atoms with Crippen LogP contribution in [0.25, 0.3) is 21.9 Å². The van der Waals surface area contributed by atoms with Crippen molar-refractivity contribution in [1.82, 2.24) is 19.3 Å². The van der Waals surface area contributed by atoms with Gasteiger partial charge in [-0.15, -0.1) is 0 Å². The number of nitriles is 1. The minimum Gasteiger partial charge on any atom is -0.360 e.